The molecule has 2 aromatic carbocycles. The zero-order valence-electron chi connectivity index (χ0n) is 16.9. The fourth-order valence-electron chi connectivity index (χ4n) is 2.97. The smallest absolute Gasteiger partial charge is 0.416 e. The maximum absolute atomic E-state index is 14.6. The summed E-state index contributed by atoms with van der Waals surface area (Å²) >= 11 is 3.10. The third kappa shape index (κ3) is 5.54. The van der Waals surface area contributed by atoms with Crippen molar-refractivity contribution >= 4 is 21.8 Å². The quantitative estimate of drug-likeness (QED) is 0.358. The second-order valence-electron chi connectivity index (χ2n) is 7.03. The number of oxazole rings is 1. The van der Waals surface area contributed by atoms with Gasteiger partial charge in [0.05, 0.1) is 18.3 Å². The van der Waals surface area contributed by atoms with Gasteiger partial charge in [-0.3, -0.25) is 4.79 Å². The highest BCUT2D eigenvalue weighted by molar-refractivity contribution is 9.10. The van der Waals surface area contributed by atoms with Crippen LogP contribution in [0.5, 0.6) is 5.75 Å². The van der Waals surface area contributed by atoms with Gasteiger partial charge in [0.15, 0.2) is 22.3 Å². The second kappa shape index (κ2) is 10.1. The summed E-state index contributed by atoms with van der Waals surface area (Å²) in [5.74, 6) is -4.86. The summed E-state index contributed by atoms with van der Waals surface area (Å²) in [6.07, 6.45) is -7.64. The zero-order chi connectivity index (χ0) is 25.2. The van der Waals surface area contributed by atoms with Gasteiger partial charge in [0.25, 0.3) is 5.91 Å². The van der Waals surface area contributed by atoms with E-state index in [1.165, 1.54) is 0 Å². The summed E-state index contributed by atoms with van der Waals surface area (Å²) in [4.78, 5) is 15.5. The highest BCUT2D eigenvalue weighted by Crippen LogP contribution is 2.36. The molecule has 182 valence electrons. The number of alkyl halides is 3. The number of halogens is 6. The number of carbonyl (C=O) groups excluding carboxylic acids is 1. The van der Waals surface area contributed by atoms with Gasteiger partial charge in [0.1, 0.15) is 17.1 Å². The number of nitrogens with two attached hydrogens (primary N) is 1. The van der Waals surface area contributed by atoms with Crippen molar-refractivity contribution in [1.82, 2.24) is 4.98 Å². The Morgan fingerprint density at radius 1 is 1.18 bits per heavy atom. The first-order valence-electron chi connectivity index (χ1n) is 9.49. The van der Waals surface area contributed by atoms with Crippen LogP contribution in [-0.4, -0.2) is 33.8 Å². The molecule has 0 bridgehead atoms. The molecule has 0 aliphatic rings. The molecule has 7 nitrogen and oxygen atoms in total. The molecular weight excluding hydrogens is 535 g/mol. The highest BCUT2D eigenvalue weighted by Gasteiger charge is 2.31. The van der Waals surface area contributed by atoms with Crippen molar-refractivity contribution in [2.24, 2.45) is 5.73 Å². The topological polar surface area (TPSA) is 119 Å². The van der Waals surface area contributed by atoms with Crippen molar-refractivity contribution in [3.8, 4) is 17.0 Å². The van der Waals surface area contributed by atoms with Crippen LogP contribution in [0.1, 0.15) is 34.3 Å². The van der Waals surface area contributed by atoms with E-state index in [1.54, 1.807) is 0 Å². The number of aliphatic hydroxyl groups is 2. The molecule has 0 radical (unpaired) electrons. The van der Waals surface area contributed by atoms with Crippen LogP contribution in [0.25, 0.3) is 11.3 Å². The molecule has 0 unspecified atom stereocenters. The van der Waals surface area contributed by atoms with Crippen LogP contribution < -0.4 is 10.5 Å². The van der Waals surface area contributed by atoms with Crippen LogP contribution in [0.15, 0.2) is 45.5 Å². The normalized spacial score (nSPS) is 13.5. The molecule has 1 amide bonds. The van der Waals surface area contributed by atoms with E-state index >= 15 is 0 Å². The molecule has 2 atom stereocenters. The summed E-state index contributed by atoms with van der Waals surface area (Å²) in [6, 6.07) is 5.64. The number of rotatable bonds is 8. The van der Waals surface area contributed by atoms with Gasteiger partial charge in [-0.2, -0.15) is 13.2 Å². The van der Waals surface area contributed by atoms with Crippen molar-refractivity contribution in [3.05, 3.63) is 69.7 Å². The molecule has 0 saturated heterocycles. The number of amides is 1. The average Bonchev–Trinajstić information content (AvgIpc) is 3.15. The van der Waals surface area contributed by atoms with Gasteiger partial charge in [-0.15, -0.1) is 0 Å². The van der Waals surface area contributed by atoms with Crippen molar-refractivity contribution in [1.29, 1.82) is 0 Å². The SMILES string of the molecule is NC(=O)c1c(F)ccc(O[C@H](C[C@H](O)CO)c2nc(-c3ccc(C(F)(F)F)cc3)c(Br)o2)c1F. The van der Waals surface area contributed by atoms with Gasteiger partial charge < -0.3 is 25.1 Å². The summed E-state index contributed by atoms with van der Waals surface area (Å²) in [6.45, 7) is -0.702. The average molecular weight is 551 g/mol. The molecule has 34 heavy (non-hydrogen) atoms. The van der Waals surface area contributed by atoms with E-state index in [9.17, 15) is 37.0 Å². The molecule has 3 aromatic rings. The molecule has 13 heteroatoms. The monoisotopic (exact) mass is 550 g/mol. The first kappa shape index (κ1) is 25.6. The maximum Gasteiger partial charge on any atom is 0.416 e. The summed E-state index contributed by atoms with van der Waals surface area (Å²) < 4.78 is 77.8. The number of ether oxygens (including phenoxy) is 1. The lowest BCUT2D eigenvalue weighted by Crippen LogP contribution is -2.21. The molecule has 1 aromatic heterocycles. The molecule has 1 heterocycles. The number of hydrogen-bond donors (Lipinski definition) is 3. The van der Waals surface area contributed by atoms with Crippen LogP contribution >= 0.6 is 15.9 Å². The zero-order valence-corrected chi connectivity index (χ0v) is 18.5. The molecular formula is C21H16BrF5N2O5. The van der Waals surface area contributed by atoms with E-state index in [2.05, 4.69) is 20.9 Å². The number of nitrogens with zero attached hydrogens (tertiary/aromatic N) is 1. The number of benzene rings is 2. The minimum absolute atomic E-state index is 0.00764. The van der Waals surface area contributed by atoms with Gasteiger partial charge in [0.2, 0.25) is 5.89 Å². The number of carbonyl (C=O) groups is 1. The van der Waals surface area contributed by atoms with E-state index in [-0.39, 0.29) is 28.2 Å². The van der Waals surface area contributed by atoms with Crippen LogP contribution in [0, 0.1) is 11.6 Å². The van der Waals surface area contributed by atoms with Crippen molar-refractivity contribution in [2.45, 2.75) is 24.8 Å². The van der Waals surface area contributed by atoms with Gasteiger partial charge in [-0.05, 0) is 40.2 Å². The molecule has 0 spiro atoms. The summed E-state index contributed by atoms with van der Waals surface area (Å²) in [7, 11) is 0. The Bertz CT molecular complexity index is 1180. The maximum atomic E-state index is 14.6. The summed E-state index contributed by atoms with van der Waals surface area (Å²) in [5, 5.41) is 19.1. The van der Waals surface area contributed by atoms with Crippen LogP contribution in [0.2, 0.25) is 0 Å². The standard InChI is InChI=1S/C21H16BrF5N2O5/c22-18-17(9-1-3-10(4-2-9)21(25,26)27)29-20(34-18)14(7-11(31)8-30)33-13-6-5-12(23)15(16(13)24)19(28)32/h1-6,11,14,30-31H,7-8H2,(H2,28,32)/t11-,14+/m0/s1. The lowest BCUT2D eigenvalue weighted by molar-refractivity contribution is -0.137. The number of aliphatic hydroxyl groups excluding tert-OH is 2. The van der Waals surface area contributed by atoms with Crippen LogP contribution in [0.3, 0.4) is 0 Å². The minimum atomic E-state index is -4.53. The van der Waals surface area contributed by atoms with Crippen LogP contribution in [-0.2, 0) is 6.18 Å². The molecule has 0 aliphatic heterocycles. The van der Waals surface area contributed by atoms with Crippen LogP contribution in [0.4, 0.5) is 22.0 Å². The molecule has 3 rings (SSSR count). The van der Waals surface area contributed by atoms with Gasteiger partial charge in [0, 0.05) is 12.0 Å². The highest BCUT2D eigenvalue weighted by atomic mass is 79.9. The van der Waals surface area contributed by atoms with Crippen molar-refractivity contribution < 1.29 is 46.1 Å². The summed E-state index contributed by atoms with van der Waals surface area (Å²) in [5.41, 5.74) is 3.39. The fraction of sp³-hybridized carbons (Fsp3) is 0.238. The van der Waals surface area contributed by atoms with Gasteiger partial charge >= 0.3 is 6.18 Å². The lowest BCUT2D eigenvalue weighted by atomic mass is 10.1. The van der Waals surface area contributed by atoms with E-state index in [1.807, 2.05) is 0 Å². The fourth-order valence-corrected chi connectivity index (χ4v) is 3.46. The first-order chi connectivity index (χ1) is 15.9. The van der Waals surface area contributed by atoms with E-state index < -0.39 is 59.4 Å². The number of hydrogen-bond acceptors (Lipinski definition) is 6. The minimum Gasteiger partial charge on any atom is -0.477 e. The Labute approximate surface area is 197 Å². The Kier molecular flexibility index (Phi) is 7.58. The Balaban J connectivity index is 1.98. The lowest BCUT2D eigenvalue weighted by Gasteiger charge is -2.19. The third-order valence-corrected chi connectivity index (χ3v) is 5.17. The third-order valence-electron chi connectivity index (χ3n) is 4.63. The molecule has 4 N–H and O–H groups in total. The van der Waals surface area contributed by atoms with E-state index in [0.717, 1.165) is 36.4 Å². The predicted octanol–water partition coefficient (Wildman–Crippen LogP) is 4.36. The van der Waals surface area contributed by atoms with Gasteiger partial charge in [-0.1, -0.05) is 12.1 Å². The Morgan fingerprint density at radius 2 is 1.82 bits per heavy atom. The molecule has 0 saturated carbocycles. The number of aromatic nitrogens is 1. The Hall–Kier alpha value is -3.03. The predicted molar refractivity (Wildman–Crippen MR) is 111 cm³/mol. The largest absolute Gasteiger partial charge is 0.477 e. The Morgan fingerprint density at radius 3 is 2.38 bits per heavy atom. The van der Waals surface area contributed by atoms with Crippen molar-refractivity contribution in [2.75, 3.05) is 6.61 Å². The number of primary amides is 1. The van der Waals surface area contributed by atoms with E-state index in [0.29, 0.717) is 0 Å². The van der Waals surface area contributed by atoms with E-state index in [4.69, 9.17) is 14.9 Å². The second-order valence-corrected chi connectivity index (χ2v) is 7.75. The molecule has 0 aliphatic carbocycles. The first-order valence-corrected chi connectivity index (χ1v) is 10.3. The van der Waals surface area contributed by atoms with Gasteiger partial charge in [-0.25, -0.2) is 13.8 Å². The molecule has 0 fully saturated rings. The van der Waals surface area contributed by atoms with Crippen molar-refractivity contribution in [3.63, 3.8) is 0 Å².